The molecule has 3 atom stereocenters. The second-order valence-corrected chi connectivity index (χ2v) is 6.83. The average Bonchev–Trinajstić information content (AvgIpc) is 2.38. The minimum absolute atomic E-state index is 0.160. The number of ether oxygens (including phenoxy) is 2. The highest BCUT2D eigenvalue weighted by atomic mass is 16.6. The van der Waals surface area contributed by atoms with Crippen LogP contribution in [0.15, 0.2) is 0 Å². The minimum atomic E-state index is -0.445. The summed E-state index contributed by atoms with van der Waals surface area (Å²) in [6.07, 6.45) is 5.32. The molecule has 0 radical (unpaired) electrons. The molecule has 116 valence electrons. The lowest BCUT2D eigenvalue weighted by atomic mass is 9.92. The van der Waals surface area contributed by atoms with E-state index in [1.807, 2.05) is 20.8 Å². The number of piperidine rings is 1. The van der Waals surface area contributed by atoms with E-state index < -0.39 is 5.60 Å². The summed E-state index contributed by atoms with van der Waals surface area (Å²) in [5.74, 6) is 0. The molecule has 2 aliphatic rings. The first-order chi connectivity index (χ1) is 9.44. The van der Waals surface area contributed by atoms with Gasteiger partial charge in [-0.25, -0.2) is 4.79 Å². The zero-order chi connectivity index (χ0) is 14.6. The van der Waals surface area contributed by atoms with Crippen molar-refractivity contribution in [3.63, 3.8) is 0 Å². The average molecular weight is 284 g/mol. The quantitative estimate of drug-likeness (QED) is 0.816. The SMILES string of the molecule is CC(C)(C)OC(=O)N[C@@H]1CCO[C@@H]([C@H]2CCCCN2)C1. The standard InChI is InChI=1S/C15H28N2O3/c1-15(2,3)20-14(18)17-11-7-9-19-13(10-11)12-6-4-5-8-16-12/h11-13,16H,4-10H2,1-3H3,(H,17,18)/t11-,12-,13-/m1/s1. The monoisotopic (exact) mass is 284 g/mol. The fourth-order valence-corrected chi connectivity index (χ4v) is 2.91. The van der Waals surface area contributed by atoms with Gasteiger partial charge in [0.15, 0.2) is 0 Å². The lowest BCUT2D eigenvalue weighted by Gasteiger charge is -2.37. The Morgan fingerprint density at radius 3 is 2.75 bits per heavy atom. The van der Waals surface area contributed by atoms with E-state index in [1.54, 1.807) is 0 Å². The largest absolute Gasteiger partial charge is 0.444 e. The van der Waals surface area contributed by atoms with E-state index in [9.17, 15) is 4.79 Å². The number of amides is 1. The second-order valence-electron chi connectivity index (χ2n) is 6.83. The van der Waals surface area contributed by atoms with Crippen LogP contribution < -0.4 is 10.6 Å². The Hall–Kier alpha value is -0.810. The molecule has 2 heterocycles. The second kappa shape index (κ2) is 6.76. The third-order valence-corrected chi connectivity index (χ3v) is 3.83. The van der Waals surface area contributed by atoms with Crippen LogP contribution >= 0.6 is 0 Å². The van der Waals surface area contributed by atoms with E-state index in [0.29, 0.717) is 12.6 Å². The molecule has 0 aliphatic carbocycles. The van der Waals surface area contributed by atoms with Gasteiger partial charge in [-0.15, -0.1) is 0 Å². The molecule has 5 heteroatoms. The number of carbonyl (C=O) groups excluding carboxylic acids is 1. The molecule has 0 aromatic heterocycles. The lowest BCUT2D eigenvalue weighted by molar-refractivity contribution is -0.0269. The smallest absolute Gasteiger partial charge is 0.407 e. The molecule has 1 amide bonds. The Labute approximate surface area is 121 Å². The molecule has 2 saturated heterocycles. The summed E-state index contributed by atoms with van der Waals surface area (Å²) in [4.78, 5) is 11.8. The van der Waals surface area contributed by atoms with Crippen LogP contribution in [0.1, 0.15) is 52.9 Å². The van der Waals surface area contributed by atoms with Crippen molar-refractivity contribution in [3.05, 3.63) is 0 Å². The number of rotatable bonds is 2. The summed E-state index contributed by atoms with van der Waals surface area (Å²) in [7, 11) is 0. The maximum Gasteiger partial charge on any atom is 0.407 e. The molecule has 0 aromatic rings. The van der Waals surface area contributed by atoms with Crippen LogP contribution in [0.2, 0.25) is 0 Å². The van der Waals surface area contributed by atoms with Gasteiger partial charge >= 0.3 is 6.09 Å². The molecule has 0 saturated carbocycles. The Morgan fingerprint density at radius 1 is 1.30 bits per heavy atom. The van der Waals surface area contributed by atoms with Crippen LogP contribution in [0.25, 0.3) is 0 Å². The highest BCUT2D eigenvalue weighted by Gasteiger charge is 2.31. The van der Waals surface area contributed by atoms with Gasteiger partial charge in [-0.3, -0.25) is 0 Å². The molecule has 0 bridgehead atoms. The van der Waals surface area contributed by atoms with Crippen molar-refractivity contribution in [3.8, 4) is 0 Å². The van der Waals surface area contributed by atoms with Crippen LogP contribution in [-0.2, 0) is 9.47 Å². The van der Waals surface area contributed by atoms with Crippen molar-refractivity contribution in [2.24, 2.45) is 0 Å². The first-order valence-corrected chi connectivity index (χ1v) is 7.78. The fourth-order valence-electron chi connectivity index (χ4n) is 2.91. The van der Waals surface area contributed by atoms with Gasteiger partial charge in [-0.1, -0.05) is 6.42 Å². The van der Waals surface area contributed by atoms with Crippen molar-refractivity contribution in [1.29, 1.82) is 0 Å². The van der Waals surface area contributed by atoms with Crippen molar-refractivity contribution >= 4 is 6.09 Å². The fraction of sp³-hybridized carbons (Fsp3) is 0.933. The van der Waals surface area contributed by atoms with E-state index in [1.165, 1.54) is 19.3 Å². The first kappa shape index (κ1) is 15.6. The summed E-state index contributed by atoms with van der Waals surface area (Å²) in [5.41, 5.74) is -0.445. The Morgan fingerprint density at radius 2 is 2.10 bits per heavy atom. The van der Waals surface area contributed by atoms with E-state index in [-0.39, 0.29) is 18.2 Å². The zero-order valence-electron chi connectivity index (χ0n) is 12.9. The number of alkyl carbamates (subject to hydrolysis) is 1. The van der Waals surface area contributed by atoms with Crippen LogP contribution in [0.3, 0.4) is 0 Å². The summed E-state index contributed by atoms with van der Waals surface area (Å²) < 4.78 is 11.2. The molecule has 0 spiro atoms. The molecule has 0 unspecified atom stereocenters. The molecular formula is C15H28N2O3. The molecule has 20 heavy (non-hydrogen) atoms. The number of hydrogen-bond acceptors (Lipinski definition) is 4. The summed E-state index contributed by atoms with van der Waals surface area (Å²) in [6, 6.07) is 0.597. The highest BCUT2D eigenvalue weighted by molar-refractivity contribution is 5.68. The predicted octanol–water partition coefficient (Wildman–Crippen LogP) is 2.20. The maximum absolute atomic E-state index is 11.8. The van der Waals surface area contributed by atoms with Gasteiger partial charge in [0.25, 0.3) is 0 Å². The normalized spacial score (nSPS) is 31.6. The third kappa shape index (κ3) is 4.94. The third-order valence-electron chi connectivity index (χ3n) is 3.83. The molecule has 2 rings (SSSR count). The van der Waals surface area contributed by atoms with E-state index in [4.69, 9.17) is 9.47 Å². The van der Waals surface area contributed by atoms with Gasteiger partial charge in [0, 0.05) is 18.7 Å². The first-order valence-electron chi connectivity index (χ1n) is 7.78. The molecule has 0 aromatic carbocycles. The van der Waals surface area contributed by atoms with E-state index >= 15 is 0 Å². The van der Waals surface area contributed by atoms with Gasteiger partial charge in [-0.05, 0) is 53.0 Å². The number of hydrogen-bond donors (Lipinski definition) is 2. The highest BCUT2D eigenvalue weighted by Crippen LogP contribution is 2.22. The van der Waals surface area contributed by atoms with Crippen LogP contribution in [0, 0.1) is 0 Å². The van der Waals surface area contributed by atoms with E-state index in [2.05, 4.69) is 10.6 Å². The minimum Gasteiger partial charge on any atom is -0.444 e. The Kier molecular flexibility index (Phi) is 5.27. The Balaban J connectivity index is 1.79. The maximum atomic E-state index is 11.8. The van der Waals surface area contributed by atoms with Crippen LogP contribution in [-0.4, -0.2) is 43.0 Å². The van der Waals surface area contributed by atoms with E-state index in [0.717, 1.165) is 19.4 Å². The topological polar surface area (TPSA) is 59.6 Å². The van der Waals surface area contributed by atoms with Gasteiger partial charge in [-0.2, -0.15) is 0 Å². The van der Waals surface area contributed by atoms with Crippen molar-refractivity contribution in [2.75, 3.05) is 13.2 Å². The Bertz CT molecular complexity index is 322. The van der Waals surface area contributed by atoms with Gasteiger partial charge < -0.3 is 20.1 Å². The van der Waals surface area contributed by atoms with Gasteiger partial charge in [0.05, 0.1) is 6.10 Å². The molecule has 5 nitrogen and oxygen atoms in total. The number of nitrogens with one attached hydrogen (secondary N) is 2. The van der Waals surface area contributed by atoms with Crippen LogP contribution in [0.4, 0.5) is 4.79 Å². The summed E-state index contributed by atoms with van der Waals surface area (Å²) in [5, 5.41) is 6.51. The van der Waals surface area contributed by atoms with Crippen molar-refractivity contribution in [2.45, 2.75) is 76.7 Å². The van der Waals surface area contributed by atoms with Crippen molar-refractivity contribution in [1.82, 2.24) is 10.6 Å². The predicted molar refractivity (Wildman–Crippen MR) is 77.8 cm³/mol. The molecular weight excluding hydrogens is 256 g/mol. The number of carbonyl (C=O) groups is 1. The van der Waals surface area contributed by atoms with Crippen LogP contribution in [0.5, 0.6) is 0 Å². The molecule has 2 fully saturated rings. The summed E-state index contributed by atoms with van der Waals surface area (Å²) >= 11 is 0. The lowest BCUT2D eigenvalue weighted by Crippen LogP contribution is -2.51. The van der Waals surface area contributed by atoms with Crippen molar-refractivity contribution < 1.29 is 14.3 Å². The van der Waals surface area contributed by atoms with Gasteiger partial charge in [0.1, 0.15) is 5.60 Å². The zero-order valence-corrected chi connectivity index (χ0v) is 12.9. The summed E-state index contributed by atoms with van der Waals surface area (Å²) in [6.45, 7) is 7.43. The molecule has 2 N–H and O–H groups in total. The van der Waals surface area contributed by atoms with Gasteiger partial charge in [0.2, 0.25) is 0 Å². The molecule has 2 aliphatic heterocycles.